The lowest BCUT2D eigenvalue weighted by Gasteiger charge is -2.07. The van der Waals surface area contributed by atoms with E-state index in [1.807, 2.05) is 36.4 Å². The van der Waals surface area contributed by atoms with E-state index >= 15 is 0 Å². The van der Waals surface area contributed by atoms with Gasteiger partial charge in [0, 0.05) is 6.42 Å². The summed E-state index contributed by atoms with van der Waals surface area (Å²) in [6, 6.07) is 9.27. The van der Waals surface area contributed by atoms with Crippen molar-refractivity contribution in [3.63, 3.8) is 0 Å². The van der Waals surface area contributed by atoms with E-state index in [0.29, 0.717) is 0 Å². The Bertz CT molecular complexity index is 432. The largest absolute Gasteiger partial charge is 0.388 e. The topological polar surface area (TPSA) is 37.3 Å². The molecule has 2 nitrogen and oxygen atoms in total. The fourth-order valence-corrected chi connectivity index (χ4v) is 1.90. The molecule has 1 rings (SSSR count). The maximum Gasteiger partial charge on any atom is 0.158 e. The molecule has 0 fully saturated rings. The van der Waals surface area contributed by atoms with Gasteiger partial charge < -0.3 is 5.11 Å². The molecule has 108 valence electrons. The summed E-state index contributed by atoms with van der Waals surface area (Å²) in [6.07, 6.45) is 11.4. The van der Waals surface area contributed by atoms with E-state index in [0.717, 1.165) is 12.0 Å². The van der Waals surface area contributed by atoms with Crippen LogP contribution in [-0.2, 0) is 4.79 Å². The molecule has 0 saturated heterocycles. The molecule has 1 N–H and O–H groups in total. The number of hydrogen-bond acceptors (Lipinski definition) is 2. The van der Waals surface area contributed by atoms with Gasteiger partial charge in [0.1, 0.15) is 0 Å². The lowest BCUT2D eigenvalue weighted by Crippen LogP contribution is -2.03. The van der Waals surface area contributed by atoms with Crippen LogP contribution in [0.25, 0.3) is 0 Å². The Balaban J connectivity index is 2.29. The summed E-state index contributed by atoms with van der Waals surface area (Å²) in [5.74, 6) is -0.0560. The molecule has 0 aliphatic rings. The molecule has 0 unspecified atom stereocenters. The number of aliphatic hydroxyl groups excluding tert-OH is 1. The van der Waals surface area contributed by atoms with Crippen molar-refractivity contribution >= 4 is 5.78 Å². The third kappa shape index (κ3) is 7.05. The number of unbranched alkanes of at least 4 members (excludes halogenated alkanes) is 3. The number of benzene rings is 1. The van der Waals surface area contributed by atoms with Gasteiger partial charge in [-0.25, -0.2) is 0 Å². The molecule has 0 amide bonds. The molecule has 0 aliphatic heterocycles. The van der Waals surface area contributed by atoms with E-state index in [2.05, 4.69) is 13.0 Å². The molecule has 0 saturated carbocycles. The average Bonchev–Trinajstić information content (AvgIpc) is 2.47. The summed E-state index contributed by atoms with van der Waals surface area (Å²) in [5.41, 5.74) is 0.782. The predicted octanol–water partition coefficient (Wildman–Crippen LogP) is 4.37. The lowest BCUT2D eigenvalue weighted by atomic mass is 10.0. The highest BCUT2D eigenvalue weighted by atomic mass is 16.3. The van der Waals surface area contributed by atoms with Crippen LogP contribution in [0.15, 0.2) is 54.6 Å². The lowest BCUT2D eigenvalue weighted by molar-refractivity contribution is -0.116. The van der Waals surface area contributed by atoms with Crippen molar-refractivity contribution in [2.45, 2.75) is 45.1 Å². The summed E-state index contributed by atoms with van der Waals surface area (Å²) in [7, 11) is 0. The van der Waals surface area contributed by atoms with Gasteiger partial charge in [-0.2, -0.15) is 0 Å². The van der Waals surface area contributed by atoms with Crippen LogP contribution in [0.3, 0.4) is 0 Å². The fraction of sp³-hybridized carbons (Fsp3) is 0.389. The molecule has 20 heavy (non-hydrogen) atoms. The van der Waals surface area contributed by atoms with Gasteiger partial charge in [0.15, 0.2) is 5.78 Å². The average molecular weight is 272 g/mol. The van der Waals surface area contributed by atoms with E-state index < -0.39 is 6.10 Å². The maximum atomic E-state index is 11.7. The summed E-state index contributed by atoms with van der Waals surface area (Å²) in [4.78, 5) is 11.7. The highest BCUT2D eigenvalue weighted by Crippen LogP contribution is 2.16. The van der Waals surface area contributed by atoms with Crippen LogP contribution in [0.5, 0.6) is 0 Å². The predicted molar refractivity (Wildman–Crippen MR) is 83.4 cm³/mol. The van der Waals surface area contributed by atoms with Crippen molar-refractivity contribution < 1.29 is 9.90 Å². The number of rotatable bonds is 9. The van der Waals surface area contributed by atoms with E-state index in [4.69, 9.17) is 0 Å². The second-order valence-corrected chi connectivity index (χ2v) is 4.88. The number of carbonyl (C=O) groups is 1. The number of carbonyl (C=O) groups excluding carboxylic acids is 1. The van der Waals surface area contributed by atoms with Crippen LogP contribution < -0.4 is 0 Å². The monoisotopic (exact) mass is 272 g/mol. The zero-order valence-electron chi connectivity index (χ0n) is 12.2. The second kappa shape index (κ2) is 10.2. The first kappa shape index (κ1) is 16.4. The molecule has 0 bridgehead atoms. The number of allylic oxidation sites excluding steroid dienone is 4. The molecule has 0 heterocycles. The minimum absolute atomic E-state index is 0.0560. The van der Waals surface area contributed by atoms with Crippen molar-refractivity contribution in [2.24, 2.45) is 0 Å². The van der Waals surface area contributed by atoms with Crippen molar-refractivity contribution in [1.29, 1.82) is 0 Å². The summed E-state index contributed by atoms with van der Waals surface area (Å²) in [5, 5.41) is 9.92. The summed E-state index contributed by atoms with van der Waals surface area (Å²) in [6.45, 7) is 2.18. The molecule has 0 radical (unpaired) electrons. The van der Waals surface area contributed by atoms with Crippen molar-refractivity contribution in [3.05, 3.63) is 60.2 Å². The van der Waals surface area contributed by atoms with Crippen molar-refractivity contribution in [3.8, 4) is 0 Å². The van der Waals surface area contributed by atoms with E-state index in [1.54, 1.807) is 6.08 Å². The Morgan fingerprint density at radius 2 is 1.95 bits per heavy atom. The van der Waals surface area contributed by atoms with Crippen LogP contribution in [0.2, 0.25) is 0 Å². The Kier molecular flexibility index (Phi) is 8.32. The SMILES string of the molecule is CCCCC/C=C/C=C/C(=O)C[C@@H](O)c1ccccc1. The summed E-state index contributed by atoms with van der Waals surface area (Å²) < 4.78 is 0. The molecule has 1 aromatic carbocycles. The zero-order valence-corrected chi connectivity index (χ0v) is 12.2. The van der Waals surface area contributed by atoms with Crippen LogP contribution in [0, 0.1) is 0 Å². The van der Waals surface area contributed by atoms with Gasteiger partial charge in [0.2, 0.25) is 0 Å². The highest BCUT2D eigenvalue weighted by molar-refractivity contribution is 5.90. The van der Waals surface area contributed by atoms with Gasteiger partial charge in [0.05, 0.1) is 6.10 Å². The Morgan fingerprint density at radius 3 is 2.65 bits per heavy atom. The zero-order chi connectivity index (χ0) is 14.6. The smallest absolute Gasteiger partial charge is 0.158 e. The minimum Gasteiger partial charge on any atom is -0.388 e. The molecule has 1 aromatic rings. The van der Waals surface area contributed by atoms with Crippen LogP contribution in [0.1, 0.15) is 50.7 Å². The molecule has 1 atom stereocenters. The standard InChI is InChI=1S/C18H24O2/c1-2-3-4-5-6-7-11-14-17(19)15-18(20)16-12-9-8-10-13-16/h6-14,18,20H,2-5,15H2,1H3/b7-6+,14-11+/t18-/m1/s1. The fourth-order valence-electron chi connectivity index (χ4n) is 1.90. The van der Waals surface area contributed by atoms with Gasteiger partial charge >= 0.3 is 0 Å². The summed E-state index contributed by atoms with van der Waals surface area (Å²) >= 11 is 0. The molecule has 0 spiro atoms. The first-order chi connectivity index (χ1) is 9.74. The molecule has 2 heteroatoms. The third-order valence-electron chi connectivity index (χ3n) is 3.08. The number of aliphatic hydroxyl groups is 1. The van der Waals surface area contributed by atoms with Gasteiger partial charge in [-0.3, -0.25) is 4.79 Å². The molecular formula is C18H24O2. The van der Waals surface area contributed by atoms with Gasteiger partial charge in [-0.05, 0) is 24.5 Å². The van der Waals surface area contributed by atoms with Crippen molar-refractivity contribution in [1.82, 2.24) is 0 Å². The van der Waals surface area contributed by atoms with Crippen LogP contribution >= 0.6 is 0 Å². The molecular weight excluding hydrogens is 248 g/mol. The van der Waals surface area contributed by atoms with Gasteiger partial charge in [-0.1, -0.05) is 68.3 Å². The second-order valence-electron chi connectivity index (χ2n) is 4.88. The minimum atomic E-state index is -0.720. The van der Waals surface area contributed by atoms with E-state index in [-0.39, 0.29) is 12.2 Å². The first-order valence-corrected chi connectivity index (χ1v) is 7.33. The van der Waals surface area contributed by atoms with E-state index in [1.165, 1.54) is 25.3 Å². The number of ketones is 1. The quantitative estimate of drug-likeness (QED) is 0.412. The Labute approximate surface area is 121 Å². The molecule has 0 aliphatic carbocycles. The van der Waals surface area contributed by atoms with Crippen LogP contribution in [-0.4, -0.2) is 10.9 Å². The highest BCUT2D eigenvalue weighted by Gasteiger charge is 2.09. The third-order valence-corrected chi connectivity index (χ3v) is 3.08. The first-order valence-electron chi connectivity index (χ1n) is 7.33. The Morgan fingerprint density at radius 1 is 1.20 bits per heavy atom. The normalized spacial score (nSPS) is 13.1. The van der Waals surface area contributed by atoms with Crippen LogP contribution in [0.4, 0.5) is 0 Å². The van der Waals surface area contributed by atoms with Gasteiger partial charge in [-0.15, -0.1) is 0 Å². The van der Waals surface area contributed by atoms with Crippen molar-refractivity contribution in [2.75, 3.05) is 0 Å². The molecule has 0 aromatic heterocycles. The van der Waals surface area contributed by atoms with E-state index in [9.17, 15) is 9.90 Å². The maximum absolute atomic E-state index is 11.7. The van der Waals surface area contributed by atoms with Gasteiger partial charge in [0.25, 0.3) is 0 Å². The number of hydrogen-bond donors (Lipinski definition) is 1. The Hall–Kier alpha value is -1.67.